The summed E-state index contributed by atoms with van der Waals surface area (Å²) in [6.45, 7) is 3.72. The van der Waals surface area contributed by atoms with Crippen LogP contribution in [0.3, 0.4) is 0 Å². The Morgan fingerprint density at radius 2 is 1.85 bits per heavy atom. The number of thioether (sulfide) groups is 1. The number of nitrogens with zero attached hydrogens (tertiary/aromatic N) is 4. The molecular formula is C17H19N5O3S2. The first-order valence-corrected chi connectivity index (χ1v) is 11.2. The highest BCUT2D eigenvalue weighted by Gasteiger charge is 2.16. The van der Waals surface area contributed by atoms with Gasteiger partial charge in [0.2, 0.25) is 11.1 Å². The van der Waals surface area contributed by atoms with Crippen LogP contribution in [0, 0.1) is 13.8 Å². The minimum Gasteiger partial charge on any atom is -0.326 e. The quantitative estimate of drug-likeness (QED) is 0.648. The van der Waals surface area contributed by atoms with Crippen LogP contribution >= 0.6 is 11.8 Å². The van der Waals surface area contributed by atoms with E-state index in [0.29, 0.717) is 16.6 Å². The van der Waals surface area contributed by atoms with E-state index in [-0.39, 0.29) is 17.2 Å². The lowest BCUT2D eigenvalue weighted by Crippen LogP contribution is -2.17. The lowest BCUT2D eigenvalue weighted by Gasteiger charge is -2.11. The van der Waals surface area contributed by atoms with Gasteiger partial charge in [0, 0.05) is 28.9 Å². The van der Waals surface area contributed by atoms with Crippen molar-refractivity contribution in [1.82, 2.24) is 19.6 Å². The fraction of sp³-hybridized carbons (Fsp3) is 0.294. The number of fused-ring (bicyclic) bond motifs is 1. The topological polar surface area (TPSA) is 106 Å². The van der Waals surface area contributed by atoms with Crippen molar-refractivity contribution in [2.24, 2.45) is 0 Å². The van der Waals surface area contributed by atoms with E-state index >= 15 is 0 Å². The normalized spacial score (nSPS) is 11.7. The maximum Gasteiger partial charge on any atom is 0.253 e. The summed E-state index contributed by atoms with van der Waals surface area (Å²) in [5.41, 5.74) is 2.85. The van der Waals surface area contributed by atoms with E-state index in [1.165, 1.54) is 23.9 Å². The van der Waals surface area contributed by atoms with Gasteiger partial charge in [-0.1, -0.05) is 11.8 Å². The number of nitrogens with one attached hydrogen (secondary N) is 1. The smallest absolute Gasteiger partial charge is 0.253 e. The van der Waals surface area contributed by atoms with Crippen molar-refractivity contribution in [1.29, 1.82) is 0 Å². The van der Waals surface area contributed by atoms with Crippen molar-refractivity contribution in [3.05, 3.63) is 41.2 Å². The fourth-order valence-electron chi connectivity index (χ4n) is 2.68. The molecule has 1 aromatic carbocycles. The standard InChI is InChI=1S/C17H19N5O3S2/c1-10-14(11(2)22-16(18-10)20-17(21-22)26-3)9-15(23)19-12-5-7-13(8-6-12)27(4,24)25/h5-8H,9H2,1-4H3,(H,19,23). The summed E-state index contributed by atoms with van der Waals surface area (Å²) in [5, 5.41) is 7.77. The van der Waals surface area contributed by atoms with Crippen LogP contribution in [0.2, 0.25) is 0 Å². The second-order valence-corrected chi connectivity index (χ2v) is 8.88. The number of aromatic nitrogens is 4. The van der Waals surface area contributed by atoms with Crippen molar-refractivity contribution in [2.75, 3.05) is 17.8 Å². The zero-order valence-corrected chi connectivity index (χ0v) is 17.0. The van der Waals surface area contributed by atoms with Gasteiger partial charge >= 0.3 is 0 Å². The number of carbonyl (C=O) groups excluding carboxylic acids is 1. The van der Waals surface area contributed by atoms with Crippen molar-refractivity contribution in [3.63, 3.8) is 0 Å². The maximum absolute atomic E-state index is 12.5. The van der Waals surface area contributed by atoms with Crippen LogP contribution in [0.5, 0.6) is 0 Å². The highest BCUT2D eigenvalue weighted by atomic mass is 32.2. The Morgan fingerprint density at radius 1 is 1.19 bits per heavy atom. The van der Waals surface area contributed by atoms with Gasteiger partial charge in [-0.3, -0.25) is 4.79 Å². The number of hydrogen-bond donors (Lipinski definition) is 1. The SMILES string of the molecule is CSc1nc2nc(C)c(CC(=O)Nc3ccc(S(C)(=O)=O)cc3)c(C)n2n1. The first kappa shape index (κ1) is 19.3. The number of carbonyl (C=O) groups is 1. The predicted octanol–water partition coefficient (Wildman–Crippen LogP) is 2.05. The van der Waals surface area contributed by atoms with Crippen LogP contribution in [-0.2, 0) is 21.1 Å². The highest BCUT2D eigenvalue weighted by Crippen LogP contribution is 2.18. The van der Waals surface area contributed by atoms with E-state index in [1.54, 1.807) is 16.6 Å². The monoisotopic (exact) mass is 405 g/mol. The van der Waals surface area contributed by atoms with Crippen molar-refractivity contribution < 1.29 is 13.2 Å². The van der Waals surface area contributed by atoms with Crippen molar-refractivity contribution in [3.8, 4) is 0 Å². The molecule has 1 amide bonds. The van der Waals surface area contributed by atoms with Gasteiger partial charge in [-0.05, 0) is 44.4 Å². The molecule has 0 atom stereocenters. The molecule has 2 heterocycles. The summed E-state index contributed by atoms with van der Waals surface area (Å²) in [6, 6.07) is 6.07. The maximum atomic E-state index is 12.5. The Bertz CT molecular complexity index is 1120. The predicted molar refractivity (Wildman–Crippen MR) is 104 cm³/mol. The minimum atomic E-state index is -3.27. The largest absolute Gasteiger partial charge is 0.326 e. The Balaban J connectivity index is 1.81. The van der Waals surface area contributed by atoms with Gasteiger partial charge in [0.05, 0.1) is 11.3 Å². The summed E-state index contributed by atoms with van der Waals surface area (Å²) in [6.07, 6.45) is 3.16. The second kappa shape index (κ2) is 7.28. The Hall–Kier alpha value is -2.46. The third-order valence-electron chi connectivity index (χ3n) is 4.12. The van der Waals surface area contributed by atoms with Crippen LogP contribution in [0.25, 0.3) is 5.78 Å². The van der Waals surface area contributed by atoms with Crippen LogP contribution in [0.15, 0.2) is 34.3 Å². The first-order valence-electron chi connectivity index (χ1n) is 8.06. The van der Waals surface area contributed by atoms with Crippen molar-refractivity contribution in [2.45, 2.75) is 30.3 Å². The molecule has 2 aromatic heterocycles. The molecule has 10 heteroatoms. The molecule has 27 heavy (non-hydrogen) atoms. The molecule has 0 unspecified atom stereocenters. The zero-order valence-electron chi connectivity index (χ0n) is 15.3. The van der Waals surface area contributed by atoms with Crippen LogP contribution in [0.4, 0.5) is 5.69 Å². The number of hydrogen-bond acceptors (Lipinski definition) is 7. The molecule has 0 fully saturated rings. The number of anilines is 1. The molecule has 1 N–H and O–H groups in total. The number of benzene rings is 1. The summed E-state index contributed by atoms with van der Waals surface area (Å²) >= 11 is 1.43. The molecule has 0 aliphatic rings. The number of aryl methyl sites for hydroxylation is 2. The van der Waals surface area contributed by atoms with Gasteiger partial charge in [-0.15, -0.1) is 5.10 Å². The number of amides is 1. The van der Waals surface area contributed by atoms with Crippen LogP contribution in [-0.4, -0.2) is 46.4 Å². The lowest BCUT2D eigenvalue weighted by atomic mass is 10.1. The van der Waals surface area contributed by atoms with E-state index in [9.17, 15) is 13.2 Å². The first-order chi connectivity index (χ1) is 12.7. The molecule has 0 saturated heterocycles. The Kier molecular flexibility index (Phi) is 5.20. The summed E-state index contributed by atoms with van der Waals surface area (Å²) in [7, 11) is -3.27. The van der Waals surface area contributed by atoms with Crippen molar-refractivity contribution >= 4 is 39.0 Å². The second-order valence-electron chi connectivity index (χ2n) is 6.09. The van der Waals surface area contributed by atoms with Gasteiger partial charge in [0.1, 0.15) is 0 Å². The third kappa shape index (κ3) is 4.11. The number of sulfone groups is 1. The van der Waals surface area contributed by atoms with Gasteiger partial charge in [0.15, 0.2) is 9.84 Å². The van der Waals surface area contributed by atoms with E-state index in [0.717, 1.165) is 23.2 Å². The van der Waals surface area contributed by atoms with E-state index in [2.05, 4.69) is 20.4 Å². The molecule has 0 aliphatic carbocycles. The van der Waals surface area contributed by atoms with Gasteiger partial charge in [-0.2, -0.15) is 4.98 Å². The highest BCUT2D eigenvalue weighted by molar-refractivity contribution is 7.98. The lowest BCUT2D eigenvalue weighted by molar-refractivity contribution is -0.115. The molecular weight excluding hydrogens is 386 g/mol. The Morgan fingerprint density at radius 3 is 2.44 bits per heavy atom. The molecule has 0 saturated carbocycles. The zero-order chi connectivity index (χ0) is 19.8. The van der Waals surface area contributed by atoms with Crippen LogP contribution in [0.1, 0.15) is 17.0 Å². The molecule has 0 aliphatic heterocycles. The molecule has 0 spiro atoms. The molecule has 0 radical (unpaired) electrons. The van der Waals surface area contributed by atoms with E-state index < -0.39 is 9.84 Å². The Labute approximate surface area is 161 Å². The number of rotatable bonds is 5. The molecule has 142 valence electrons. The van der Waals surface area contributed by atoms with Gasteiger partial charge in [0.25, 0.3) is 5.78 Å². The van der Waals surface area contributed by atoms with Gasteiger partial charge < -0.3 is 5.32 Å². The van der Waals surface area contributed by atoms with E-state index in [1.807, 2.05) is 20.1 Å². The average Bonchev–Trinajstić information content (AvgIpc) is 3.01. The minimum absolute atomic E-state index is 0.128. The molecule has 0 bridgehead atoms. The molecule has 8 nitrogen and oxygen atoms in total. The molecule has 3 rings (SSSR count). The summed E-state index contributed by atoms with van der Waals surface area (Å²) in [5.74, 6) is 0.287. The average molecular weight is 406 g/mol. The van der Waals surface area contributed by atoms with Crippen LogP contribution < -0.4 is 5.32 Å². The van der Waals surface area contributed by atoms with Gasteiger partial charge in [-0.25, -0.2) is 17.9 Å². The summed E-state index contributed by atoms with van der Waals surface area (Å²) < 4.78 is 24.6. The molecule has 3 aromatic rings. The van der Waals surface area contributed by atoms with E-state index in [4.69, 9.17) is 0 Å². The third-order valence-corrected chi connectivity index (χ3v) is 5.78. The summed E-state index contributed by atoms with van der Waals surface area (Å²) in [4.78, 5) is 21.4. The fourth-order valence-corrected chi connectivity index (χ4v) is 3.65.